The lowest BCUT2D eigenvalue weighted by molar-refractivity contribution is 0.922. The molecule has 0 aliphatic carbocycles. The molecule has 3 heteroatoms. The average molecular weight is 232 g/mol. The molecule has 0 saturated heterocycles. The van der Waals surface area contributed by atoms with Gasteiger partial charge in [0.05, 0.1) is 6.54 Å². The monoisotopic (exact) mass is 232 g/mol. The Labute approximate surface area is 100 Å². The van der Waals surface area contributed by atoms with E-state index in [0.717, 1.165) is 23.7 Å². The molecule has 1 N–H and O–H groups in total. The summed E-state index contributed by atoms with van der Waals surface area (Å²) in [7, 11) is 0. The van der Waals surface area contributed by atoms with Gasteiger partial charge in [0.2, 0.25) is 0 Å². The lowest BCUT2D eigenvalue weighted by atomic mass is 10.1. The van der Waals surface area contributed by atoms with Crippen LogP contribution < -0.4 is 5.32 Å². The van der Waals surface area contributed by atoms with Crippen LogP contribution in [0.25, 0.3) is 0 Å². The first-order valence-corrected chi connectivity index (χ1v) is 6.47. The second-order valence-corrected chi connectivity index (χ2v) is 4.71. The Morgan fingerprint density at radius 3 is 2.69 bits per heavy atom. The highest BCUT2D eigenvalue weighted by molar-refractivity contribution is 7.09. The Morgan fingerprint density at radius 1 is 1.25 bits per heavy atom. The minimum absolute atomic E-state index is 0.810. The summed E-state index contributed by atoms with van der Waals surface area (Å²) < 4.78 is 0. The highest BCUT2D eigenvalue weighted by Gasteiger charge is 1.96. The van der Waals surface area contributed by atoms with Crippen LogP contribution in [0.1, 0.15) is 23.9 Å². The summed E-state index contributed by atoms with van der Waals surface area (Å²) in [5.41, 5.74) is 2.57. The van der Waals surface area contributed by atoms with Crippen molar-refractivity contribution in [1.82, 2.24) is 4.98 Å². The molecule has 16 heavy (non-hydrogen) atoms. The van der Waals surface area contributed by atoms with Crippen LogP contribution in [0.3, 0.4) is 0 Å². The van der Waals surface area contributed by atoms with Gasteiger partial charge >= 0.3 is 0 Å². The van der Waals surface area contributed by atoms with Gasteiger partial charge < -0.3 is 5.32 Å². The van der Waals surface area contributed by atoms with Crippen molar-refractivity contribution in [2.24, 2.45) is 0 Å². The van der Waals surface area contributed by atoms with Gasteiger partial charge in [-0.1, -0.05) is 25.5 Å². The zero-order valence-electron chi connectivity index (χ0n) is 9.44. The molecular weight excluding hydrogens is 216 g/mol. The van der Waals surface area contributed by atoms with E-state index in [4.69, 9.17) is 0 Å². The highest BCUT2D eigenvalue weighted by Crippen LogP contribution is 2.13. The molecule has 0 radical (unpaired) electrons. The smallest absolute Gasteiger partial charge is 0.112 e. The fourth-order valence-corrected chi connectivity index (χ4v) is 2.15. The summed E-state index contributed by atoms with van der Waals surface area (Å²) >= 11 is 1.68. The summed E-state index contributed by atoms with van der Waals surface area (Å²) in [5.74, 6) is 0. The Balaban J connectivity index is 1.90. The number of hydrogen-bond donors (Lipinski definition) is 1. The van der Waals surface area contributed by atoms with Crippen LogP contribution in [-0.2, 0) is 13.0 Å². The normalized spacial score (nSPS) is 10.3. The predicted octanol–water partition coefficient (Wildman–Crippen LogP) is 3.71. The van der Waals surface area contributed by atoms with Crippen LogP contribution in [-0.4, -0.2) is 4.98 Å². The van der Waals surface area contributed by atoms with Crippen molar-refractivity contribution >= 4 is 17.0 Å². The zero-order chi connectivity index (χ0) is 11.2. The summed E-state index contributed by atoms with van der Waals surface area (Å²) in [4.78, 5) is 4.23. The van der Waals surface area contributed by atoms with E-state index >= 15 is 0 Å². The van der Waals surface area contributed by atoms with E-state index in [1.807, 2.05) is 11.6 Å². The third-order valence-electron chi connectivity index (χ3n) is 2.42. The molecular formula is C13H16N2S. The highest BCUT2D eigenvalue weighted by atomic mass is 32.1. The van der Waals surface area contributed by atoms with Gasteiger partial charge in [0.25, 0.3) is 0 Å². The SMILES string of the molecule is CCCc1ccc(NCc2nccs2)cc1. The molecule has 0 spiro atoms. The number of thiazole rings is 1. The molecule has 2 nitrogen and oxygen atoms in total. The molecule has 0 bridgehead atoms. The largest absolute Gasteiger partial charge is 0.379 e. The quantitative estimate of drug-likeness (QED) is 0.850. The van der Waals surface area contributed by atoms with E-state index in [1.54, 1.807) is 11.3 Å². The van der Waals surface area contributed by atoms with E-state index < -0.39 is 0 Å². The van der Waals surface area contributed by atoms with E-state index in [9.17, 15) is 0 Å². The molecule has 84 valence electrons. The van der Waals surface area contributed by atoms with E-state index in [1.165, 1.54) is 12.0 Å². The Hall–Kier alpha value is -1.35. The molecule has 0 unspecified atom stereocenters. The number of aromatic nitrogens is 1. The topological polar surface area (TPSA) is 24.9 Å². The van der Waals surface area contributed by atoms with Crippen LogP contribution in [0.2, 0.25) is 0 Å². The molecule has 1 aromatic heterocycles. The lowest BCUT2D eigenvalue weighted by Crippen LogP contribution is -1.98. The third-order valence-corrected chi connectivity index (χ3v) is 3.20. The van der Waals surface area contributed by atoms with Crippen LogP contribution in [0.5, 0.6) is 0 Å². The molecule has 1 heterocycles. The van der Waals surface area contributed by atoms with Crippen LogP contribution in [0.4, 0.5) is 5.69 Å². The van der Waals surface area contributed by atoms with Crippen molar-refractivity contribution in [3.8, 4) is 0 Å². The van der Waals surface area contributed by atoms with Crippen molar-refractivity contribution in [2.45, 2.75) is 26.3 Å². The molecule has 2 aromatic rings. The Bertz CT molecular complexity index is 406. The fraction of sp³-hybridized carbons (Fsp3) is 0.308. The summed E-state index contributed by atoms with van der Waals surface area (Å²) in [6, 6.07) is 8.65. The van der Waals surface area contributed by atoms with Crippen molar-refractivity contribution in [1.29, 1.82) is 0 Å². The van der Waals surface area contributed by atoms with Gasteiger partial charge in [-0.3, -0.25) is 0 Å². The molecule has 0 saturated carbocycles. The number of hydrogen-bond acceptors (Lipinski definition) is 3. The Morgan fingerprint density at radius 2 is 2.06 bits per heavy atom. The molecule has 2 rings (SSSR count). The minimum atomic E-state index is 0.810. The summed E-state index contributed by atoms with van der Waals surface area (Å²) in [6.07, 6.45) is 4.20. The van der Waals surface area contributed by atoms with Gasteiger partial charge in [-0.25, -0.2) is 4.98 Å². The molecule has 0 amide bonds. The van der Waals surface area contributed by atoms with E-state index in [0.29, 0.717) is 0 Å². The number of nitrogens with one attached hydrogen (secondary N) is 1. The first kappa shape index (κ1) is 11.1. The first-order valence-electron chi connectivity index (χ1n) is 5.59. The van der Waals surface area contributed by atoms with Crippen molar-refractivity contribution in [3.63, 3.8) is 0 Å². The van der Waals surface area contributed by atoms with Gasteiger partial charge in [-0.05, 0) is 24.1 Å². The Kier molecular flexibility index (Phi) is 3.94. The standard InChI is InChI=1S/C13H16N2S/c1-2-3-11-4-6-12(7-5-11)15-10-13-14-8-9-16-13/h4-9,15H,2-3,10H2,1H3. The van der Waals surface area contributed by atoms with Gasteiger partial charge in [0.15, 0.2) is 0 Å². The summed E-state index contributed by atoms with van der Waals surface area (Å²) in [6.45, 7) is 3.01. The lowest BCUT2D eigenvalue weighted by Gasteiger charge is -2.05. The minimum Gasteiger partial charge on any atom is -0.379 e. The molecule has 0 aliphatic heterocycles. The maximum Gasteiger partial charge on any atom is 0.112 e. The molecule has 0 atom stereocenters. The molecule has 0 aliphatic rings. The van der Waals surface area contributed by atoms with Crippen LogP contribution in [0.15, 0.2) is 35.8 Å². The predicted molar refractivity (Wildman–Crippen MR) is 69.9 cm³/mol. The fourth-order valence-electron chi connectivity index (χ4n) is 1.60. The number of rotatable bonds is 5. The number of nitrogens with zero attached hydrogens (tertiary/aromatic N) is 1. The van der Waals surface area contributed by atoms with Crippen molar-refractivity contribution < 1.29 is 0 Å². The van der Waals surface area contributed by atoms with E-state index in [-0.39, 0.29) is 0 Å². The maximum absolute atomic E-state index is 4.23. The van der Waals surface area contributed by atoms with Crippen molar-refractivity contribution in [3.05, 3.63) is 46.4 Å². The van der Waals surface area contributed by atoms with Gasteiger partial charge in [0.1, 0.15) is 5.01 Å². The average Bonchev–Trinajstić information content (AvgIpc) is 2.82. The third kappa shape index (κ3) is 3.07. The van der Waals surface area contributed by atoms with Crippen LogP contribution in [0, 0.1) is 0 Å². The van der Waals surface area contributed by atoms with E-state index in [2.05, 4.69) is 41.5 Å². The molecule has 1 aromatic carbocycles. The number of aryl methyl sites for hydroxylation is 1. The van der Waals surface area contributed by atoms with Crippen molar-refractivity contribution in [2.75, 3.05) is 5.32 Å². The summed E-state index contributed by atoms with van der Waals surface area (Å²) in [5, 5.41) is 6.49. The number of benzene rings is 1. The second kappa shape index (κ2) is 5.66. The maximum atomic E-state index is 4.23. The first-order chi connectivity index (χ1) is 7.88. The number of anilines is 1. The zero-order valence-corrected chi connectivity index (χ0v) is 10.3. The van der Waals surface area contributed by atoms with Gasteiger partial charge in [-0.15, -0.1) is 11.3 Å². The van der Waals surface area contributed by atoms with Crippen LogP contribution >= 0.6 is 11.3 Å². The molecule has 0 fully saturated rings. The van der Waals surface area contributed by atoms with Gasteiger partial charge in [-0.2, -0.15) is 0 Å². The van der Waals surface area contributed by atoms with Gasteiger partial charge in [0, 0.05) is 17.3 Å². The second-order valence-electron chi connectivity index (χ2n) is 3.73.